The molecule has 0 aliphatic carbocycles. The molecule has 2 N–H and O–H groups in total. The van der Waals surface area contributed by atoms with Gasteiger partial charge in [0.1, 0.15) is 0 Å². The van der Waals surface area contributed by atoms with Gasteiger partial charge in [-0.05, 0) is 38.5 Å². The first-order chi connectivity index (χ1) is 8.47. The fraction of sp³-hybridized carbons (Fsp3) is 0.462. The van der Waals surface area contributed by atoms with Gasteiger partial charge in [-0.15, -0.1) is 0 Å². The summed E-state index contributed by atoms with van der Waals surface area (Å²) in [7, 11) is 0. The van der Waals surface area contributed by atoms with E-state index in [2.05, 4.69) is 0 Å². The molecule has 0 saturated carbocycles. The van der Waals surface area contributed by atoms with E-state index in [1.54, 1.807) is 12.1 Å². The van der Waals surface area contributed by atoms with Gasteiger partial charge in [0.25, 0.3) is 0 Å². The summed E-state index contributed by atoms with van der Waals surface area (Å²) in [5.74, 6) is -0.998. The average Bonchev–Trinajstić information content (AvgIpc) is 2.30. The second-order valence-corrected chi connectivity index (χ2v) is 4.77. The summed E-state index contributed by atoms with van der Waals surface area (Å²) >= 11 is 5.83. The SMILES string of the molecule is CC(C)N(CCCO)c1ccc(Cl)cc1C(=O)O. The molecule has 0 heterocycles. The van der Waals surface area contributed by atoms with Crippen LogP contribution in [0.3, 0.4) is 0 Å². The summed E-state index contributed by atoms with van der Waals surface area (Å²) in [5, 5.41) is 18.5. The van der Waals surface area contributed by atoms with Gasteiger partial charge in [-0.2, -0.15) is 0 Å². The molecule has 1 aromatic carbocycles. The Morgan fingerprint density at radius 1 is 1.44 bits per heavy atom. The molecule has 0 aromatic heterocycles. The first-order valence-electron chi connectivity index (χ1n) is 5.87. The van der Waals surface area contributed by atoms with Crippen molar-refractivity contribution in [1.29, 1.82) is 0 Å². The zero-order valence-electron chi connectivity index (χ0n) is 10.6. The predicted molar refractivity (Wildman–Crippen MR) is 72.6 cm³/mol. The largest absolute Gasteiger partial charge is 0.478 e. The summed E-state index contributed by atoms with van der Waals surface area (Å²) in [5.41, 5.74) is 0.824. The smallest absolute Gasteiger partial charge is 0.337 e. The first kappa shape index (κ1) is 14.8. The van der Waals surface area contributed by atoms with Gasteiger partial charge in [0.2, 0.25) is 0 Å². The van der Waals surface area contributed by atoms with E-state index in [1.165, 1.54) is 6.07 Å². The number of carboxylic acid groups (broad SMARTS) is 1. The summed E-state index contributed by atoms with van der Waals surface area (Å²) < 4.78 is 0. The molecule has 0 unspecified atom stereocenters. The zero-order valence-corrected chi connectivity index (χ0v) is 11.3. The number of benzene rings is 1. The van der Waals surface area contributed by atoms with Crippen LogP contribution >= 0.6 is 11.6 Å². The maximum Gasteiger partial charge on any atom is 0.337 e. The number of hydrogen-bond acceptors (Lipinski definition) is 3. The Balaban J connectivity index is 3.14. The van der Waals surface area contributed by atoms with Crippen molar-refractivity contribution in [2.45, 2.75) is 26.3 Å². The highest BCUT2D eigenvalue weighted by atomic mass is 35.5. The molecule has 0 amide bonds. The van der Waals surface area contributed by atoms with Crippen molar-refractivity contribution < 1.29 is 15.0 Å². The molecule has 1 aromatic rings. The van der Waals surface area contributed by atoms with Crippen LogP contribution in [0.4, 0.5) is 5.69 Å². The number of rotatable bonds is 6. The van der Waals surface area contributed by atoms with Crippen LogP contribution in [0.5, 0.6) is 0 Å². The third-order valence-corrected chi connectivity index (χ3v) is 2.91. The maximum absolute atomic E-state index is 11.2. The van der Waals surface area contributed by atoms with Gasteiger partial charge < -0.3 is 15.1 Å². The molecule has 0 spiro atoms. The molecule has 0 aliphatic rings. The highest BCUT2D eigenvalue weighted by Crippen LogP contribution is 2.26. The number of aliphatic hydroxyl groups excluding tert-OH is 1. The van der Waals surface area contributed by atoms with E-state index in [-0.39, 0.29) is 18.2 Å². The van der Waals surface area contributed by atoms with Gasteiger partial charge >= 0.3 is 5.97 Å². The molecule has 18 heavy (non-hydrogen) atoms. The van der Waals surface area contributed by atoms with E-state index in [0.717, 1.165) is 0 Å². The Hall–Kier alpha value is -1.26. The zero-order chi connectivity index (χ0) is 13.7. The van der Waals surface area contributed by atoms with E-state index in [0.29, 0.717) is 23.7 Å². The molecule has 4 nitrogen and oxygen atoms in total. The lowest BCUT2D eigenvalue weighted by Crippen LogP contribution is -2.33. The maximum atomic E-state index is 11.2. The predicted octanol–water partition coefficient (Wildman–Crippen LogP) is 2.64. The van der Waals surface area contributed by atoms with Crippen LogP contribution in [-0.2, 0) is 0 Å². The van der Waals surface area contributed by atoms with Crippen LogP contribution in [0.15, 0.2) is 18.2 Å². The van der Waals surface area contributed by atoms with Gasteiger partial charge in [-0.3, -0.25) is 0 Å². The van der Waals surface area contributed by atoms with Gasteiger partial charge in [0.15, 0.2) is 0 Å². The molecule has 5 heteroatoms. The highest BCUT2D eigenvalue weighted by Gasteiger charge is 2.18. The normalized spacial score (nSPS) is 10.7. The Labute approximate surface area is 112 Å². The van der Waals surface area contributed by atoms with Crippen molar-refractivity contribution in [2.75, 3.05) is 18.1 Å². The number of halogens is 1. The van der Waals surface area contributed by atoms with Crippen LogP contribution in [0, 0.1) is 0 Å². The number of carbonyl (C=O) groups is 1. The number of anilines is 1. The van der Waals surface area contributed by atoms with E-state index >= 15 is 0 Å². The van der Waals surface area contributed by atoms with Crippen molar-refractivity contribution in [3.05, 3.63) is 28.8 Å². The Morgan fingerprint density at radius 3 is 2.61 bits per heavy atom. The Kier molecular flexibility index (Phi) is 5.44. The number of nitrogens with zero attached hydrogens (tertiary/aromatic N) is 1. The Bertz CT molecular complexity index is 421. The van der Waals surface area contributed by atoms with Gasteiger partial charge in [-0.25, -0.2) is 4.79 Å². The monoisotopic (exact) mass is 271 g/mol. The summed E-state index contributed by atoms with van der Waals surface area (Å²) in [6.45, 7) is 4.66. The van der Waals surface area contributed by atoms with Gasteiger partial charge in [0.05, 0.1) is 11.3 Å². The lowest BCUT2D eigenvalue weighted by molar-refractivity contribution is 0.0697. The molecule has 0 fully saturated rings. The molecular weight excluding hydrogens is 254 g/mol. The lowest BCUT2D eigenvalue weighted by Gasteiger charge is -2.30. The molecule has 0 radical (unpaired) electrons. The number of hydrogen-bond donors (Lipinski definition) is 2. The molecule has 0 atom stereocenters. The molecule has 0 aliphatic heterocycles. The minimum absolute atomic E-state index is 0.0826. The van der Waals surface area contributed by atoms with E-state index in [1.807, 2.05) is 18.7 Å². The molecule has 100 valence electrons. The minimum atomic E-state index is -0.998. The van der Waals surface area contributed by atoms with Crippen LogP contribution in [0.1, 0.15) is 30.6 Å². The summed E-state index contributed by atoms with van der Waals surface area (Å²) in [4.78, 5) is 13.2. The fourth-order valence-corrected chi connectivity index (χ4v) is 2.00. The lowest BCUT2D eigenvalue weighted by atomic mass is 10.1. The Morgan fingerprint density at radius 2 is 2.11 bits per heavy atom. The van der Waals surface area contributed by atoms with Gasteiger partial charge in [-0.1, -0.05) is 11.6 Å². The molecule has 1 rings (SSSR count). The highest BCUT2D eigenvalue weighted by molar-refractivity contribution is 6.31. The van der Waals surface area contributed by atoms with Crippen molar-refractivity contribution in [2.24, 2.45) is 0 Å². The summed E-state index contributed by atoms with van der Waals surface area (Å²) in [6.07, 6.45) is 0.597. The molecular formula is C13H18ClNO3. The van der Waals surface area contributed by atoms with Gasteiger partial charge in [0, 0.05) is 24.2 Å². The molecule has 0 bridgehead atoms. The van der Waals surface area contributed by atoms with E-state index in [4.69, 9.17) is 16.7 Å². The second kappa shape index (κ2) is 6.61. The number of carboxylic acids is 1. The van der Waals surface area contributed by atoms with Crippen molar-refractivity contribution in [1.82, 2.24) is 0 Å². The third-order valence-electron chi connectivity index (χ3n) is 2.68. The quantitative estimate of drug-likeness (QED) is 0.835. The minimum Gasteiger partial charge on any atom is -0.478 e. The van der Waals surface area contributed by atoms with Crippen molar-refractivity contribution >= 4 is 23.3 Å². The number of aromatic carboxylic acids is 1. The average molecular weight is 272 g/mol. The first-order valence-corrected chi connectivity index (χ1v) is 6.25. The second-order valence-electron chi connectivity index (χ2n) is 4.33. The fourth-order valence-electron chi connectivity index (χ4n) is 1.83. The summed E-state index contributed by atoms with van der Waals surface area (Å²) in [6, 6.07) is 4.99. The van der Waals surface area contributed by atoms with E-state index < -0.39 is 5.97 Å². The van der Waals surface area contributed by atoms with Crippen molar-refractivity contribution in [3.63, 3.8) is 0 Å². The van der Waals surface area contributed by atoms with Crippen LogP contribution in [-0.4, -0.2) is 35.4 Å². The van der Waals surface area contributed by atoms with Crippen LogP contribution in [0.25, 0.3) is 0 Å². The van der Waals surface area contributed by atoms with E-state index in [9.17, 15) is 9.90 Å². The number of aliphatic hydroxyl groups is 1. The standard InChI is InChI=1S/C13H18ClNO3/c1-9(2)15(6-3-7-16)12-5-4-10(14)8-11(12)13(17)18/h4-5,8-9,16H,3,6-7H2,1-2H3,(H,17,18). The van der Waals surface area contributed by atoms with Crippen LogP contribution in [0.2, 0.25) is 5.02 Å². The third kappa shape index (κ3) is 3.62. The molecule has 0 saturated heterocycles. The van der Waals surface area contributed by atoms with Crippen molar-refractivity contribution in [3.8, 4) is 0 Å². The van der Waals surface area contributed by atoms with Crippen LogP contribution < -0.4 is 4.90 Å². The topological polar surface area (TPSA) is 60.8 Å².